The lowest BCUT2D eigenvalue weighted by molar-refractivity contribution is 0.0536. The Balaban J connectivity index is 2.25. The van der Waals surface area contributed by atoms with E-state index in [9.17, 15) is 15.0 Å². The van der Waals surface area contributed by atoms with Gasteiger partial charge in [0.05, 0.1) is 18.3 Å². The quantitative estimate of drug-likeness (QED) is 0.362. The van der Waals surface area contributed by atoms with Crippen LogP contribution < -0.4 is 15.1 Å². The molecule has 0 aliphatic rings. The summed E-state index contributed by atoms with van der Waals surface area (Å²) in [7, 11) is 0. The van der Waals surface area contributed by atoms with E-state index >= 15 is 0 Å². The Morgan fingerprint density at radius 3 is 2.88 bits per heavy atom. The highest BCUT2D eigenvalue weighted by molar-refractivity contribution is 5.86. The van der Waals surface area contributed by atoms with Crippen LogP contribution in [0.5, 0.6) is 17.2 Å². The number of aliphatic hydroxyl groups is 2. The standard InChI is InChI=1S/C18H22O7/c1-2-3-4-5-8-23-17-16(21)14-9-13(24-11-12(20)10-19)6-7-15(14)25-18(17)22/h5-9,12,19-21H,2-4,10-11H2,1H3/b8-5+. The zero-order valence-electron chi connectivity index (χ0n) is 14.0. The maximum Gasteiger partial charge on any atom is 0.383 e. The Morgan fingerprint density at radius 1 is 1.36 bits per heavy atom. The van der Waals surface area contributed by atoms with Gasteiger partial charge in [-0.2, -0.15) is 0 Å². The van der Waals surface area contributed by atoms with Gasteiger partial charge in [0.15, 0.2) is 5.75 Å². The molecular weight excluding hydrogens is 328 g/mol. The molecule has 0 amide bonds. The third kappa shape index (κ3) is 4.98. The minimum Gasteiger partial charge on any atom is -0.504 e. The Kier molecular flexibility index (Phi) is 6.85. The summed E-state index contributed by atoms with van der Waals surface area (Å²) in [4.78, 5) is 11.9. The van der Waals surface area contributed by atoms with Crippen LogP contribution in [0, 0.1) is 0 Å². The molecule has 7 heteroatoms. The summed E-state index contributed by atoms with van der Waals surface area (Å²) < 4.78 is 15.7. The topological polar surface area (TPSA) is 109 Å². The van der Waals surface area contributed by atoms with Crippen molar-refractivity contribution in [3.63, 3.8) is 0 Å². The number of allylic oxidation sites excluding steroid dienone is 1. The molecule has 0 radical (unpaired) electrons. The number of fused-ring (bicyclic) bond motifs is 1. The van der Waals surface area contributed by atoms with Crippen molar-refractivity contribution in [2.24, 2.45) is 0 Å². The second-order valence-electron chi connectivity index (χ2n) is 5.50. The molecule has 0 fully saturated rings. The summed E-state index contributed by atoms with van der Waals surface area (Å²) >= 11 is 0. The van der Waals surface area contributed by atoms with Crippen LogP contribution in [0.15, 0.2) is 39.7 Å². The lowest BCUT2D eigenvalue weighted by Gasteiger charge is -2.11. The van der Waals surface area contributed by atoms with Gasteiger partial charge in [0.2, 0.25) is 0 Å². The predicted octanol–water partition coefficient (Wildman–Crippen LogP) is 2.31. The van der Waals surface area contributed by atoms with Gasteiger partial charge in [-0.1, -0.05) is 13.3 Å². The fourth-order valence-electron chi connectivity index (χ4n) is 2.09. The van der Waals surface area contributed by atoms with Crippen molar-refractivity contribution in [1.29, 1.82) is 0 Å². The summed E-state index contributed by atoms with van der Waals surface area (Å²) in [6.07, 6.45) is 4.96. The van der Waals surface area contributed by atoms with Crippen LogP contribution in [-0.2, 0) is 0 Å². The first-order valence-electron chi connectivity index (χ1n) is 8.10. The van der Waals surface area contributed by atoms with Crippen molar-refractivity contribution in [3.8, 4) is 17.2 Å². The molecule has 3 N–H and O–H groups in total. The first-order chi connectivity index (χ1) is 12.1. The van der Waals surface area contributed by atoms with E-state index < -0.39 is 18.3 Å². The van der Waals surface area contributed by atoms with Crippen LogP contribution in [-0.4, -0.2) is 34.6 Å². The molecule has 2 aromatic rings. The van der Waals surface area contributed by atoms with E-state index in [0.717, 1.165) is 19.3 Å². The average molecular weight is 350 g/mol. The molecule has 1 aromatic carbocycles. The number of hydrogen-bond acceptors (Lipinski definition) is 7. The number of aliphatic hydroxyl groups excluding tert-OH is 2. The molecule has 0 bridgehead atoms. The van der Waals surface area contributed by atoms with Gasteiger partial charge in [0, 0.05) is 0 Å². The fraction of sp³-hybridized carbons (Fsp3) is 0.389. The van der Waals surface area contributed by atoms with E-state index in [4.69, 9.17) is 19.0 Å². The van der Waals surface area contributed by atoms with Gasteiger partial charge < -0.3 is 29.2 Å². The summed E-state index contributed by atoms with van der Waals surface area (Å²) in [5.74, 6) is -0.305. The highest BCUT2D eigenvalue weighted by Crippen LogP contribution is 2.33. The highest BCUT2D eigenvalue weighted by Gasteiger charge is 2.16. The van der Waals surface area contributed by atoms with Crippen LogP contribution in [0.2, 0.25) is 0 Å². The first-order valence-corrected chi connectivity index (χ1v) is 8.10. The summed E-state index contributed by atoms with van der Waals surface area (Å²) in [5.41, 5.74) is -0.602. The van der Waals surface area contributed by atoms with Crippen molar-refractivity contribution in [2.45, 2.75) is 32.3 Å². The second-order valence-corrected chi connectivity index (χ2v) is 5.50. The van der Waals surface area contributed by atoms with E-state index in [0.29, 0.717) is 5.75 Å². The lowest BCUT2D eigenvalue weighted by atomic mass is 10.2. The monoisotopic (exact) mass is 350 g/mol. The number of ether oxygens (including phenoxy) is 2. The zero-order valence-corrected chi connectivity index (χ0v) is 14.0. The summed E-state index contributed by atoms with van der Waals surface area (Å²) in [6.45, 7) is 1.54. The average Bonchev–Trinajstić information content (AvgIpc) is 2.62. The molecule has 136 valence electrons. The smallest absolute Gasteiger partial charge is 0.383 e. The first kappa shape index (κ1) is 18.8. The van der Waals surface area contributed by atoms with Gasteiger partial charge in [-0.3, -0.25) is 0 Å². The van der Waals surface area contributed by atoms with Crippen molar-refractivity contribution in [3.05, 3.63) is 41.0 Å². The maximum atomic E-state index is 11.9. The molecule has 2 rings (SSSR count). The number of aromatic hydroxyl groups is 1. The van der Waals surface area contributed by atoms with E-state index in [-0.39, 0.29) is 29.1 Å². The van der Waals surface area contributed by atoms with Crippen molar-refractivity contribution in [2.75, 3.05) is 13.2 Å². The lowest BCUT2D eigenvalue weighted by Crippen LogP contribution is -2.21. The molecular formula is C18H22O7. The molecule has 0 saturated heterocycles. The molecule has 1 heterocycles. The predicted molar refractivity (Wildman–Crippen MR) is 92.0 cm³/mol. The van der Waals surface area contributed by atoms with Gasteiger partial charge in [0.1, 0.15) is 24.0 Å². The highest BCUT2D eigenvalue weighted by atomic mass is 16.5. The Morgan fingerprint density at radius 2 is 2.16 bits per heavy atom. The molecule has 7 nitrogen and oxygen atoms in total. The largest absolute Gasteiger partial charge is 0.504 e. The Labute approximate surface area is 144 Å². The van der Waals surface area contributed by atoms with E-state index in [1.165, 1.54) is 24.5 Å². The van der Waals surface area contributed by atoms with Crippen LogP contribution in [0.25, 0.3) is 11.0 Å². The van der Waals surface area contributed by atoms with Crippen LogP contribution >= 0.6 is 0 Å². The van der Waals surface area contributed by atoms with Gasteiger partial charge in [-0.25, -0.2) is 4.79 Å². The van der Waals surface area contributed by atoms with E-state index in [1.807, 2.05) is 0 Å². The van der Waals surface area contributed by atoms with Crippen molar-refractivity contribution < 1.29 is 29.2 Å². The third-order valence-electron chi connectivity index (χ3n) is 3.47. The molecule has 0 saturated carbocycles. The SMILES string of the molecule is CCCC/C=C/Oc1c(O)c2cc(OCC(O)CO)ccc2oc1=O. The molecule has 1 unspecified atom stereocenters. The van der Waals surface area contributed by atoms with Crippen molar-refractivity contribution >= 4 is 11.0 Å². The van der Waals surface area contributed by atoms with Gasteiger partial charge >= 0.3 is 5.63 Å². The minimum atomic E-state index is -1.01. The number of benzene rings is 1. The number of rotatable bonds is 9. The fourth-order valence-corrected chi connectivity index (χ4v) is 2.09. The normalized spacial score (nSPS) is 12.6. The molecule has 0 spiro atoms. The second kappa shape index (κ2) is 9.10. The van der Waals surface area contributed by atoms with E-state index in [2.05, 4.69) is 6.92 Å². The molecule has 0 aliphatic carbocycles. The molecule has 25 heavy (non-hydrogen) atoms. The zero-order chi connectivity index (χ0) is 18.2. The minimum absolute atomic E-state index is 0.108. The summed E-state index contributed by atoms with van der Waals surface area (Å²) in [6, 6.07) is 4.46. The van der Waals surface area contributed by atoms with Crippen LogP contribution in [0.4, 0.5) is 0 Å². The van der Waals surface area contributed by atoms with Gasteiger partial charge in [-0.05, 0) is 37.1 Å². The molecule has 1 atom stereocenters. The van der Waals surface area contributed by atoms with Crippen LogP contribution in [0.3, 0.4) is 0 Å². The maximum absolute atomic E-state index is 11.9. The van der Waals surface area contributed by atoms with Gasteiger partial charge in [0.25, 0.3) is 5.75 Å². The van der Waals surface area contributed by atoms with Crippen molar-refractivity contribution in [1.82, 2.24) is 0 Å². The number of unbranched alkanes of at least 4 members (excludes halogenated alkanes) is 2. The third-order valence-corrected chi connectivity index (χ3v) is 3.47. The summed E-state index contributed by atoms with van der Waals surface area (Å²) in [5, 5.41) is 28.7. The van der Waals surface area contributed by atoms with Crippen LogP contribution in [0.1, 0.15) is 26.2 Å². The Bertz CT molecular complexity index is 779. The number of hydrogen-bond donors (Lipinski definition) is 3. The molecule has 0 aliphatic heterocycles. The van der Waals surface area contributed by atoms with Gasteiger partial charge in [-0.15, -0.1) is 0 Å². The van der Waals surface area contributed by atoms with E-state index in [1.54, 1.807) is 6.08 Å². The Hall–Kier alpha value is -2.51. The molecule has 1 aromatic heterocycles.